The molecule has 4 aliphatic rings. The molecule has 0 aromatic rings. The molecule has 3 fully saturated rings. The Labute approximate surface area is 200 Å². The van der Waals surface area contributed by atoms with Crippen LogP contribution in [0.4, 0.5) is 0 Å². The highest BCUT2D eigenvalue weighted by Crippen LogP contribution is 2.58. The monoisotopic (exact) mass is 478 g/mol. The van der Waals surface area contributed by atoms with Crippen LogP contribution < -0.4 is 0 Å². The molecule has 184 valence electrons. The summed E-state index contributed by atoms with van der Waals surface area (Å²) >= 11 is 0. The van der Waals surface area contributed by atoms with E-state index in [9.17, 15) is 0 Å². The minimum atomic E-state index is -1.84. The zero-order valence-corrected chi connectivity index (χ0v) is 24.5. The van der Waals surface area contributed by atoms with Crippen LogP contribution in [-0.2, 0) is 13.6 Å². The van der Waals surface area contributed by atoms with E-state index in [4.69, 9.17) is 13.6 Å². The fourth-order valence-corrected chi connectivity index (χ4v) is 9.03. The third-order valence-electron chi connectivity index (χ3n) is 10.4. The van der Waals surface area contributed by atoms with Crippen LogP contribution in [0.1, 0.15) is 67.2 Å². The van der Waals surface area contributed by atoms with Crippen molar-refractivity contribution in [3.63, 3.8) is 0 Å². The minimum absolute atomic E-state index is 0.00720. The Morgan fingerprint density at radius 2 is 1.34 bits per heavy atom. The molecule has 0 aromatic heterocycles. The summed E-state index contributed by atoms with van der Waals surface area (Å²) in [5.74, 6) is 4.32. The van der Waals surface area contributed by atoms with Crippen LogP contribution in [0.2, 0.25) is 36.3 Å². The summed E-state index contributed by atoms with van der Waals surface area (Å²) < 4.78 is 20.1. The molecular formula is C27H50O3Si2. The van der Waals surface area contributed by atoms with Gasteiger partial charge in [0.2, 0.25) is 0 Å². The number of ether oxygens (including phenoxy) is 1. The van der Waals surface area contributed by atoms with Crippen molar-refractivity contribution >= 4 is 16.6 Å². The molecule has 0 amide bonds. The van der Waals surface area contributed by atoms with Gasteiger partial charge in [0.05, 0.1) is 0 Å². The molecule has 3 aliphatic carbocycles. The molecule has 8 atom stereocenters. The van der Waals surface area contributed by atoms with Gasteiger partial charge in [0.15, 0.2) is 22.9 Å². The molecule has 32 heavy (non-hydrogen) atoms. The van der Waals surface area contributed by atoms with E-state index in [-0.39, 0.29) is 16.4 Å². The number of hydrogen-bond acceptors (Lipinski definition) is 3. The van der Waals surface area contributed by atoms with Crippen molar-refractivity contribution < 1.29 is 13.6 Å². The Hall–Kier alpha value is 0.0538. The maximum absolute atomic E-state index is 6.91. The predicted molar refractivity (Wildman–Crippen MR) is 139 cm³/mol. The third kappa shape index (κ3) is 4.50. The molecule has 0 N–H and O–H groups in total. The van der Waals surface area contributed by atoms with Gasteiger partial charge in [0, 0.05) is 18.6 Å². The second-order valence-electron chi connectivity index (χ2n) is 14.4. The highest BCUT2D eigenvalue weighted by molar-refractivity contribution is 6.74. The maximum Gasteiger partial charge on any atom is 0.195 e. The molecule has 0 aromatic carbocycles. The average molecular weight is 479 g/mol. The van der Waals surface area contributed by atoms with E-state index >= 15 is 0 Å². The fourth-order valence-electron chi connectivity index (χ4n) is 6.47. The molecule has 0 spiro atoms. The van der Waals surface area contributed by atoms with Crippen molar-refractivity contribution in [2.24, 2.45) is 35.5 Å². The second kappa shape index (κ2) is 8.32. The van der Waals surface area contributed by atoms with E-state index < -0.39 is 16.6 Å². The summed E-state index contributed by atoms with van der Waals surface area (Å²) in [6, 6.07) is 0. The zero-order valence-electron chi connectivity index (χ0n) is 22.5. The molecule has 5 heteroatoms. The SMILES string of the molecule is CC(C)(C)[Si](C)(C)O[C@H]1C[C@H]2[C@@H]3C[C@H]4[C@H](O[Si](C)(C)C(C)(C)C)OCC[C@H]4[C@@H]3C=C[C@@H]2C1. The largest absolute Gasteiger partial charge is 0.414 e. The summed E-state index contributed by atoms with van der Waals surface area (Å²) in [5.41, 5.74) is 0. The van der Waals surface area contributed by atoms with Gasteiger partial charge >= 0.3 is 0 Å². The van der Waals surface area contributed by atoms with E-state index in [1.54, 1.807) is 0 Å². The number of fused-ring (bicyclic) bond motifs is 5. The topological polar surface area (TPSA) is 27.7 Å². The average Bonchev–Trinajstić information content (AvgIpc) is 3.20. The number of rotatable bonds is 4. The minimum Gasteiger partial charge on any atom is -0.414 e. The molecule has 2 saturated carbocycles. The molecule has 0 radical (unpaired) electrons. The fraction of sp³-hybridized carbons (Fsp3) is 0.926. The Morgan fingerprint density at radius 1 is 0.719 bits per heavy atom. The molecule has 3 nitrogen and oxygen atoms in total. The highest BCUT2D eigenvalue weighted by atomic mass is 28.4. The zero-order chi connectivity index (χ0) is 23.7. The Morgan fingerprint density at radius 3 is 1.97 bits per heavy atom. The van der Waals surface area contributed by atoms with Crippen molar-refractivity contribution in [3.8, 4) is 0 Å². The van der Waals surface area contributed by atoms with Gasteiger partial charge in [-0.3, -0.25) is 0 Å². The number of allylic oxidation sites excluding steroid dienone is 2. The predicted octanol–water partition coefficient (Wildman–Crippen LogP) is 7.61. The van der Waals surface area contributed by atoms with Crippen LogP contribution in [0, 0.1) is 35.5 Å². The molecule has 0 bridgehead atoms. The van der Waals surface area contributed by atoms with Gasteiger partial charge < -0.3 is 13.6 Å². The lowest BCUT2D eigenvalue weighted by Crippen LogP contribution is -2.49. The molecule has 0 unspecified atom stereocenters. The lowest BCUT2D eigenvalue weighted by molar-refractivity contribution is -0.163. The molecule has 1 heterocycles. The van der Waals surface area contributed by atoms with Crippen LogP contribution in [-0.4, -0.2) is 35.6 Å². The van der Waals surface area contributed by atoms with Gasteiger partial charge in [-0.05, 0) is 91.5 Å². The Kier molecular flexibility index (Phi) is 6.54. The van der Waals surface area contributed by atoms with Crippen LogP contribution in [0.25, 0.3) is 0 Å². The van der Waals surface area contributed by atoms with Crippen LogP contribution >= 0.6 is 0 Å². The molecule has 1 saturated heterocycles. The maximum atomic E-state index is 6.91. The molecular weight excluding hydrogens is 428 g/mol. The van der Waals surface area contributed by atoms with Crippen molar-refractivity contribution in [3.05, 3.63) is 12.2 Å². The van der Waals surface area contributed by atoms with Gasteiger partial charge in [-0.15, -0.1) is 0 Å². The van der Waals surface area contributed by atoms with Crippen molar-refractivity contribution in [1.82, 2.24) is 0 Å². The van der Waals surface area contributed by atoms with E-state index in [2.05, 4.69) is 79.9 Å². The smallest absolute Gasteiger partial charge is 0.195 e. The van der Waals surface area contributed by atoms with Crippen LogP contribution in [0.5, 0.6) is 0 Å². The molecule has 4 rings (SSSR count). The summed E-state index contributed by atoms with van der Waals surface area (Å²) in [5, 5.41) is 0.506. The highest BCUT2D eigenvalue weighted by Gasteiger charge is 2.56. The summed E-state index contributed by atoms with van der Waals surface area (Å²) in [7, 11) is -3.56. The van der Waals surface area contributed by atoms with E-state index in [1.807, 2.05) is 0 Å². The van der Waals surface area contributed by atoms with Gasteiger partial charge in [-0.25, -0.2) is 0 Å². The Balaban J connectivity index is 1.47. The number of hydrogen-bond donors (Lipinski definition) is 0. The normalized spacial score (nSPS) is 40.2. The van der Waals surface area contributed by atoms with Crippen molar-refractivity contribution in [2.45, 2.75) is 116 Å². The van der Waals surface area contributed by atoms with Gasteiger partial charge in [0.25, 0.3) is 0 Å². The van der Waals surface area contributed by atoms with Crippen LogP contribution in [0.15, 0.2) is 12.2 Å². The Bertz CT molecular complexity index is 717. The first-order chi connectivity index (χ1) is 14.6. The third-order valence-corrected chi connectivity index (χ3v) is 19.4. The standard InChI is InChI=1S/C27H50O3Si2/c1-26(2,3)31(7,8)29-19-15-18-11-12-20-21-13-14-28-25(30-32(9,10)27(4,5)6)24(21)17-23(20)22(18)16-19/h11-12,18-25H,13-17H2,1-10H3/t18-,19-,20+,21+,22-,23-,24-,25+/m1/s1. The van der Waals surface area contributed by atoms with Crippen LogP contribution in [0.3, 0.4) is 0 Å². The quantitative estimate of drug-likeness (QED) is 0.307. The van der Waals surface area contributed by atoms with Crippen molar-refractivity contribution in [2.75, 3.05) is 6.61 Å². The first-order valence-electron chi connectivity index (χ1n) is 13.3. The van der Waals surface area contributed by atoms with Crippen molar-refractivity contribution in [1.29, 1.82) is 0 Å². The lowest BCUT2D eigenvalue weighted by atomic mass is 9.71. The first-order valence-corrected chi connectivity index (χ1v) is 19.1. The van der Waals surface area contributed by atoms with Gasteiger partial charge in [0.1, 0.15) is 0 Å². The first kappa shape index (κ1) is 25.2. The van der Waals surface area contributed by atoms with E-state index in [0.29, 0.717) is 17.9 Å². The lowest BCUT2D eigenvalue weighted by Gasteiger charge is -2.44. The summed E-state index contributed by atoms with van der Waals surface area (Å²) in [6.07, 6.45) is 10.6. The van der Waals surface area contributed by atoms with E-state index in [1.165, 1.54) is 25.7 Å². The van der Waals surface area contributed by atoms with Gasteiger partial charge in [-0.1, -0.05) is 53.7 Å². The van der Waals surface area contributed by atoms with Gasteiger partial charge in [-0.2, -0.15) is 0 Å². The summed E-state index contributed by atoms with van der Waals surface area (Å²) in [6.45, 7) is 24.5. The van der Waals surface area contributed by atoms with E-state index in [0.717, 1.165) is 30.3 Å². The second-order valence-corrected chi connectivity index (χ2v) is 23.9. The molecule has 1 aliphatic heterocycles. The summed E-state index contributed by atoms with van der Waals surface area (Å²) in [4.78, 5) is 0.